The molecule has 0 aliphatic rings. The number of urea groups is 1. The lowest BCUT2D eigenvalue weighted by atomic mass is 10.2. The number of halogens is 2. The number of carbonyl (C=O) groups excluding carboxylic acids is 1. The van der Waals surface area contributed by atoms with Crippen molar-refractivity contribution in [2.75, 3.05) is 11.9 Å². The Hall–Kier alpha value is -1.46. The molecule has 0 atom stereocenters. The van der Waals surface area contributed by atoms with E-state index in [4.69, 9.17) is 28.3 Å². The van der Waals surface area contributed by atoms with Crippen molar-refractivity contribution >= 4 is 40.9 Å². The Morgan fingerprint density at radius 2 is 1.89 bits per heavy atom. The number of carbonyl (C=O) groups is 2. The zero-order valence-electron chi connectivity index (χ0n) is 10.3. The number of carboxylic acid groups (broad SMARTS) is 1. The van der Waals surface area contributed by atoms with Gasteiger partial charge in [0.1, 0.15) is 5.56 Å². The molecule has 0 aromatic heterocycles. The number of hydrogen-bond acceptors (Lipinski definition) is 2. The van der Waals surface area contributed by atoms with Crippen molar-refractivity contribution in [2.45, 2.75) is 19.8 Å². The van der Waals surface area contributed by atoms with E-state index in [0.717, 1.165) is 12.8 Å². The lowest BCUT2D eigenvalue weighted by molar-refractivity contribution is 0.0698. The van der Waals surface area contributed by atoms with Gasteiger partial charge < -0.3 is 15.7 Å². The summed E-state index contributed by atoms with van der Waals surface area (Å²) in [7, 11) is 0. The lowest BCUT2D eigenvalue weighted by Crippen LogP contribution is -2.30. The van der Waals surface area contributed by atoms with Gasteiger partial charge in [-0.25, -0.2) is 9.59 Å². The highest BCUT2D eigenvalue weighted by Crippen LogP contribution is 2.31. The van der Waals surface area contributed by atoms with Crippen molar-refractivity contribution in [3.05, 3.63) is 27.7 Å². The van der Waals surface area contributed by atoms with Crippen LogP contribution in [0.1, 0.15) is 30.1 Å². The third kappa shape index (κ3) is 4.29. The second kappa shape index (κ2) is 7.21. The maximum absolute atomic E-state index is 11.6. The quantitative estimate of drug-likeness (QED) is 0.727. The number of aromatic carboxylic acids is 1. The van der Waals surface area contributed by atoms with Gasteiger partial charge in [0.05, 0.1) is 15.7 Å². The molecule has 0 bridgehead atoms. The summed E-state index contributed by atoms with van der Waals surface area (Å²) in [5, 5.41) is 14.2. The van der Waals surface area contributed by atoms with Gasteiger partial charge >= 0.3 is 12.0 Å². The van der Waals surface area contributed by atoms with E-state index in [-0.39, 0.29) is 21.3 Å². The molecule has 5 nitrogen and oxygen atoms in total. The number of carboxylic acids is 1. The topological polar surface area (TPSA) is 78.4 Å². The minimum absolute atomic E-state index is 0.00401. The van der Waals surface area contributed by atoms with E-state index in [1.54, 1.807) is 0 Å². The van der Waals surface area contributed by atoms with Crippen LogP contribution in [0.3, 0.4) is 0 Å². The Kier molecular flexibility index (Phi) is 5.92. The van der Waals surface area contributed by atoms with E-state index in [0.29, 0.717) is 6.54 Å². The van der Waals surface area contributed by atoms with Crippen molar-refractivity contribution in [2.24, 2.45) is 0 Å². The Morgan fingerprint density at radius 3 is 2.47 bits per heavy atom. The van der Waals surface area contributed by atoms with Crippen LogP contribution < -0.4 is 10.6 Å². The molecule has 0 radical (unpaired) electrons. The molecule has 0 unspecified atom stereocenters. The van der Waals surface area contributed by atoms with E-state index < -0.39 is 12.0 Å². The van der Waals surface area contributed by atoms with Gasteiger partial charge in [0.25, 0.3) is 0 Å². The minimum Gasteiger partial charge on any atom is -0.478 e. The van der Waals surface area contributed by atoms with Gasteiger partial charge in [-0.1, -0.05) is 36.5 Å². The SMILES string of the molecule is CCCCNC(=O)Nc1c(Cl)ccc(Cl)c1C(=O)O. The predicted octanol–water partition coefficient (Wildman–Crippen LogP) is 3.61. The average molecular weight is 305 g/mol. The second-order valence-electron chi connectivity index (χ2n) is 3.82. The maximum Gasteiger partial charge on any atom is 0.339 e. The number of benzene rings is 1. The van der Waals surface area contributed by atoms with Crippen LogP contribution >= 0.6 is 23.2 Å². The molecular formula is C12H14Cl2N2O3. The molecule has 0 saturated carbocycles. The maximum atomic E-state index is 11.6. The van der Waals surface area contributed by atoms with Crippen LogP contribution in [0.2, 0.25) is 10.0 Å². The van der Waals surface area contributed by atoms with Gasteiger partial charge in [-0.3, -0.25) is 0 Å². The summed E-state index contributed by atoms with van der Waals surface area (Å²) in [4.78, 5) is 22.7. The molecule has 0 spiro atoms. The molecule has 19 heavy (non-hydrogen) atoms. The number of hydrogen-bond donors (Lipinski definition) is 3. The first-order valence-corrected chi connectivity index (χ1v) is 6.49. The Morgan fingerprint density at radius 1 is 1.26 bits per heavy atom. The van der Waals surface area contributed by atoms with Crippen molar-refractivity contribution < 1.29 is 14.7 Å². The molecule has 0 saturated heterocycles. The molecular weight excluding hydrogens is 291 g/mol. The third-order valence-corrected chi connectivity index (χ3v) is 3.00. The van der Waals surface area contributed by atoms with Gasteiger partial charge in [0, 0.05) is 6.54 Å². The highest BCUT2D eigenvalue weighted by molar-refractivity contribution is 6.38. The fourth-order valence-electron chi connectivity index (χ4n) is 1.42. The molecule has 0 aliphatic heterocycles. The summed E-state index contributed by atoms with van der Waals surface area (Å²) in [6.07, 6.45) is 1.78. The van der Waals surface area contributed by atoms with Crippen LogP contribution in [0.5, 0.6) is 0 Å². The molecule has 0 fully saturated rings. The summed E-state index contributed by atoms with van der Waals surface area (Å²) in [6.45, 7) is 2.50. The number of rotatable bonds is 5. The molecule has 1 aromatic carbocycles. The van der Waals surface area contributed by atoms with E-state index in [2.05, 4.69) is 10.6 Å². The minimum atomic E-state index is -1.25. The predicted molar refractivity (Wildman–Crippen MR) is 75.4 cm³/mol. The lowest BCUT2D eigenvalue weighted by Gasteiger charge is -2.12. The Labute approximate surface area is 120 Å². The zero-order valence-corrected chi connectivity index (χ0v) is 11.8. The monoisotopic (exact) mass is 304 g/mol. The number of amides is 2. The smallest absolute Gasteiger partial charge is 0.339 e. The molecule has 1 aromatic rings. The first-order valence-electron chi connectivity index (χ1n) is 5.73. The first kappa shape index (κ1) is 15.6. The van der Waals surface area contributed by atoms with E-state index in [1.807, 2.05) is 6.92 Å². The highest BCUT2D eigenvalue weighted by Gasteiger charge is 2.19. The largest absolute Gasteiger partial charge is 0.478 e. The normalized spacial score (nSPS) is 10.1. The van der Waals surface area contributed by atoms with Crippen LogP contribution in [-0.2, 0) is 0 Å². The fourth-order valence-corrected chi connectivity index (χ4v) is 1.86. The summed E-state index contributed by atoms with van der Waals surface area (Å²) in [5.41, 5.74) is -0.226. The van der Waals surface area contributed by atoms with Crippen molar-refractivity contribution in [1.82, 2.24) is 5.32 Å². The van der Waals surface area contributed by atoms with Crippen molar-refractivity contribution in [3.8, 4) is 0 Å². The third-order valence-electron chi connectivity index (χ3n) is 2.37. The van der Waals surface area contributed by atoms with Crippen molar-refractivity contribution in [3.63, 3.8) is 0 Å². The van der Waals surface area contributed by atoms with Crippen molar-refractivity contribution in [1.29, 1.82) is 0 Å². The van der Waals surface area contributed by atoms with Gasteiger partial charge in [-0.15, -0.1) is 0 Å². The zero-order chi connectivity index (χ0) is 14.4. The second-order valence-corrected chi connectivity index (χ2v) is 4.63. The standard InChI is InChI=1S/C12H14Cl2N2O3/c1-2-3-6-15-12(19)16-10-8(14)5-4-7(13)9(10)11(17)18/h4-5H,2-3,6H2,1H3,(H,17,18)(H2,15,16,19). The average Bonchev–Trinajstić information content (AvgIpc) is 2.34. The molecule has 0 heterocycles. The summed E-state index contributed by atoms with van der Waals surface area (Å²) < 4.78 is 0. The summed E-state index contributed by atoms with van der Waals surface area (Å²) in [5.74, 6) is -1.25. The fraction of sp³-hybridized carbons (Fsp3) is 0.333. The Bertz CT molecular complexity index is 492. The summed E-state index contributed by atoms with van der Waals surface area (Å²) in [6, 6.07) is 2.28. The molecule has 104 valence electrons. The van der Waals surface area contributed by atoms with Crippen LogP contribution in [-0.4, -0.2) is 23.7 Å². The van der Waals surface area contributed by atoms with E-state index in [1.165, 1.54) is 12.1 Å². The molecule has 0 aliphatic carbocycles. The molecule has 2 amide bonds. The van der Waals surface area contributed by atoms with Crippen LogP contribution in [0.4, 0.5) is 10.5 Å². The number of unbranched alkanes of at least 4 members (excludes halogenated alkanes) is 1. The summed E-state index contributed by atoms with van der Waals surface area (Å²) >= 11 is 11.7. The van der Waals surface area contributed by atoms with Crippen LogP contribution in [0.25, 0.3) is 0 Å². The van der Waals surface area contributed by atoms with Crippen LogP contribution in [0.15, 0.2) is 12.1 Å². The van der Waals surface area contributed by atoms with E-state index >= 15 is 0 Å². The highest BCUT2D eigenvalue weighted by atomic mass is 35.5. The van der Waals surface area contributed by atoms with Gasteiger partial charge in [0.15, 0.2) is 0 Å². The Balaban J connectivity index is 2.91. The molecule has 7 heteroatoms. The number of anilines is 1. The van der Waals surface area contributed by atoms with Crippen LogP contribution in [0, 0.1) is 0 Å². The van der Waals surface area contributed by atoms with Gasteiger partial charge in [-0.05, 0) is 18.6 Å². The number of nitrogens with one attached hydrogen (secondary N) is 2. The molecule has 3 N–H and O–H groups in total. The van der Waals surface area contributed by atoms with Gasteiger partial charge in [0.2, 0.25) is 0 Å². The van der Waals surface area contributed by atoms with E-state index in [9.17, 15) is 9.59 Å². The first-order chi connectivity index (χ1) is 8.97. The molecule has 1 rings (SSSR count). The van der Waals surface area contributed by atoms with Gasteiger partial charge in [-0.2, -0.15) is 0 Å².